The van der Waals surface area contributed by atoms with Gasteiger partial charge in [-0.25, -0.2) is 22.8 Å². The third kappa shape index (κ3) is 3.42. The first-order valence-electron chi connectivity index (χ1n) is 8.87. The van der Waals surface area contributed by atoms with Crippen molar-refractivity contribution in [3.63, 3.8) is 0 Å². The SMILES string of the molecule is CCc1cc(C(C)S(C)(=O)=O)cc(F)c1N(C)c1cc2c(ncn2C)c(N)n1. The van der Waals surface area contributed by atoms with Gasteiger partial charge < -0.3 is 15.2 Å². The van der Waals surface area contributed by atoms with Crippen molar-refractivity contribution in [2.24, 2.45) is 7.05 Å². The van der Waals surface area contributed by atoms with Gasteiger partial charge in [0.2, 0.25) is 0 Å². The molecule has 28 heavy (non-hydrogen) atoms. The van der Waals surface area contributed by atoms with Crippen LogP contribution in [0.3, 0.4) is 0 Å². The molecule has 3 rings (SSSR count). The summed E-state index contributed by atoms with van der Waals surface area (Å²) in [6.45, 7) is 3.46. The Morgan fingerprint density at radius 3 is 2.61 bits per heavy atom. The maximum absolute atomic E-state index is 15.1. The number of halogens is 1. The number of fused-ring (bicyclic) bond motifs is 1. The molecule has 0 radical (unpaired) electrons. The van der Waals surface area contributed by atoms with E-state index < -0.39 is 20.9 Å². The van der Waals surface area contributed by atoms with Gasteiger partial charge in [-0.05, 0) is 30.5 Å². The number of hydrogen-bond donors (Lipinski definition) is 1. The molecule has 0 saturated carbocycles. The number of aromatic nitrogens is 3. The molecule has 150 valence electrons. The first-order valence-corrected chi connectivity index (χ1v) is 10.8. The molecule has 2 aromatic heterocycles. The summed E-state index contributed by atoms with van der Waals surface area (Å²) in [5.41, 5.74) is 8.88. The second-order valence-electron chi connectivity index (χ2n) is 6.98. The first kappa shape index (κ1) is 20.1. The molecule has 0 spiro atoms. The van der Waals surface area contributed by atoms with Gasteiger partial charge in [0, 0.05) is 26.4 Å². The van der Waals surface area contributed by atoms with Crippen LogP contribution in [0.4, 0.5) is 21.7 Å². The van der Waals surface area contributed by atoms with E-state index in [1.54, 1.807) is 37.3 Å². The van der Waals surface area contributed by atoms with Gasteiger partial charge in [0.25, 0.3) is 0 Å². The standard InChI is InChI=1S/C19H24FN5O2S/c1-6-12-7-13(11(2)28(5,26)27)8-14(20)18(12)25(4)16-9-15-17(19(21)23-16)22-10-24(15)3/h7-11H,6H2,1-5H3,(H2,21,23). The normalized spacial score (nSPS) is 13.1. The molecule has 3 aromatic rings. The van der Waals surface area contributed by atoms with Gasteiger partial charge in [-0.15, -0.1) is 0 Å². The average Bonchev–Trinajstić information content (AvgIpc) is 3.00. The van der Waals surface area contributed by atoms with Crippen LogP contribution in [0.2, 0.25) is 0 Å². The molecule has 1 atom stereocenters. The monoisotopic (exact) mass is 405 g/mol. The van der Waals surface area contributed by atoms with Crippen LogP contribution < -0.4 is 10.6 Å². The van der Waals surface area contributed by atoms with Gasteiger partial charge in [-0.2, -0.15) is 0 Å². The maximum Gasteiger partial charge on any atom is 0.154 e. The Morgan fingerprint density at radius 2 is 2.00 bits per heavy atom. The number of nitrogens with two attached hydrogens (primary N) is 1. The minimum Gasteiger partial charge on any atom is -0.382 e. The molecule has 7 nitrogen and oxygen atoms in total. The zero-order valence-electron chi connectivity index (χ0n) is 16.6. The van der Waals surface area contributed by atoms with Crippen LogP contribution >= 0.6 is 0 Å². The zero-order chi connectivity index (χ0) is 20.8. The van der Waals surface area contributed by atoms with Crippen LogP contribution in [-0.4, -0.2) is 36.3 Å². The van der Waals surface area contributed by atoms with E-state index in [0.29, 0.717) is 34.6 Å². The Hall–Kier alpha value is -2.68. The highest BCUT2D eigenvalue weighted by Crippen LogP contribution is 2.35. The highest BCUT2D eigenvalue weighted by molar-refractivity contribution is 7.90. The number of rotatable bonds is 5. The van der Waals surface area contributed by atoms with Crippen molar-refractivity contribution in [3.05, 3.63) is 41.5 Å². The summed E-state index contributed by atoms with van der Waals surface area (Å²) in [6, 6.07) is 4.82. The van der Waals surface area contributed by atoms with E-state index in [2.05, 4.69) is 9.97 Å². The lowest BCUT2D eigenvalue weighted by Crippen LogP contribution is -2.17. The van der Waals surface area contributed by atoms with Crippen molar-refractivity contribution >= 4 is 38.2 Å². The molecule has 0 saturated heterocycles. The van der Waals surface area contributed by atoms with Crippen molar-refractivity contribution in [2.45, 2.75) is 25.5 Å². The van der Waals surface area contributed by atoms with Crippen molar-refractivity contribution in [2.75, 3.05) is 23.9 Å². The zero-order valence-corrected chi connectivity index (χ0v) is 17.4. The third-order valence-corrected chi connectivity index (χ3v) is 6.62. The second kappa shape index (κ2) is 7.05. The smallest absolute Gasteiger partial charge is 0.154 e. The van der Waals surface area contributed by atoms with E-state index in [-0.39, 0.29) is 5.82 Å². The van der Waals surface area contributed by atoms with Crippen LogP contribution in [-0.2, 0) is 23.3 Å². The molecule has 0 aliphatic heterocycles. The molecule has 1 unspecified atom stereocenters. The predicted octanol–water partition coefficient (Wildman–Crippen LogP) is 3.13. The molecular formula is C19H24FN5O2S. The molecule has 0 aliphatic carbocycles. The lowest BCUT2D eigenvalue weighted by Gasteiger charge is -2.24. The number of sulfone groups is 1. The molecule has 0 amide bonds. The fourth-order valence-corrected chi connectivity index (χ4v) is 3.86. The molecular weight excluding hydrogens is 381 g/mol. The molecule has 2 N–H and O–H groups in total. The highest BCUT2D eigenvalue weighted by atomic mass is 32.2. The summed E-state index contributed by atoms with van der Waals surface area (Å²) in [5.74, 6) is 0.240. The molecule has 9 heteroatoms. The van der Waals surface area contributed by atoms with E-state index in [4.69, 9.17) is 5.73 Å². The number of imidazole rings is 1. The average molecular weight is 405 g/mol. The summed E-state index contributed by atoms with van der Waals surface area (Å²) in [7, 11) is 0.225. The van der Waals surface area contributed by atoms with Crippen LogP contribution in [0, 0.1) is 5.82 Å². The number of anilines is 3. The van der Waals surface area contributed by atoms with Gasteiger partial charge in [-0.3, -0.25) is 0 Å². The highest BCUT2D eigenvalue weighted by Gasteiger charge is 2.23. The summed E-state index contributed by atoms with van der Waals surface area (Å²) < 4.78 is 40.7. The molecule has 0 bridgehead atoms. The van der Waals surface area contributed by atoms with Crippen molar-refractivity contribution < 1.29 is 12.8 Å². The van der Waals surface area contributed by atoms with Gasteiger partial charge in [0.15, 0.2) is 15.7 Å². The summed E-state index contributed by atoms with van der Waals surface area (Å²) in [5, 5.41) is -0.786. The van der Waals surface area contributed by atoms with Crippen LogP contribution in [0.15, 0.2) is 24.5 Å². The Morgan fingerprint density at radius 1 is 1.32 bits per heavy atom. The Labute approximate surface area is 163 Å². The minimum atomic E-state index is -3.33. The summed E-state index contributed by atoms with van der Waals surface area (Å²) in [6.07, 6.45) is 3.33. The summed E-state index contributed by atoms with van der Waals surface area (Å²) >= 11 is 0. The number of aryl methyl sites for hydroxylation is 2. The second-order valence-corrected chi connectivity index (χ2v) is 9.35. The van der Waals surface area contributed by atoms with E-state index in [0.717, 1.165) is 11.8 Å². The Bertz CT molecular complexity index is 1160. The quantitative estimate of drug-likeness (QED) is 0.701. The molecule has 2 heterocycles. The van der Waals surface area contributed by atoms with Crippen LogP contribution in [0.25, 0.3) is 11.0 Å². The molecule has 1 aromatic carbocycles. The Kier molecular flexibility index (Phi) is 5.05. The van der Waals surface area contributed by atoms with E-state index in [1.807, 2.05) is 18.5 Å². The van der Waals surface area contributed by atoms with Crippen molar-refractivity contribution in [3.8, 4) is 0 Å². The summed E-state index contributed by atoms with van der Waals surface area (Å²) in [4.78, 5) is 10.2. The third-order valence-electron chi connectivity index (χ3n) is 5.06. The van der Waals surface area contributed by atoms with E-state index in [9.17, 15) is 8.42 Å². The number of nitrogen functional groups attached to an aromatic ring is 1. The van der Waals surface area contributed by atoms with Gasteiger partial charge in [0.05, 0.1) is 22.8 Å². The molecule has 0 fully saturated rings. The molecule has 0 aliphatic rings. The minimum absolute atomic E-state index is 0.265. The lowest BCUT2D eigenvalue weighted by molar-refractivity contribution is 0.590. The van der Waals surface area contributed by atoms with Crippen LogP contribution in [0.5, 0.6) is 0 Å². The van der Waals surface area contributed by atoms with Crippen LogP contribution in [0.1, 0.15) is 30.2 Å². The lowest BCUT2D eigenvalue weighted by atomic mass is 10.0. The Balaban J connectivity index is 2.14. The fourth-order valence-electron chi connectivity index (χ4n) is 3.23. The first-order chi connectivity index (χ1) is 13.0. The van der Waals surface area contributed by atoms with E-state index >= 15 is 4.39 Å². The number of nitrogens with zero attached hydrogens (tertiary/aromatic N) is 4. The number of hydrogen-bond acceptors (Lipinski definition) is 6. The predicted molar refractivity (Wildman–Crippen MR) is 110 cm³/mol. The number of benzene rings is 1. The number of pyridine rings is 1. The fraction of sp³-hybridized carbons (Fsp3) is 0.368. The van der Waals surface area contributed by atoms with Gasteiger partial charge in [0.1, 0.15) is 17.2 Å². The van der Waals surface area contributed by atoms with Gasteiger partial charge in [-0.1, -0.05) is 13.0 Å². The van der Waals surface area contributed by atoms with Gasteiger partial charge >= 0.3 is 0 Å². The largest absolute Gasteiger partial charge is 0.382 e. The maximum atomic E-state index is 15.1. The topological polar surface area (TPSA) is 94.1 Å². The van der Waals surface area contributed by atoms with Crippen molar-refractivity contribution in [1.29, 1.82) is 0 Å². The van der Waals surface area contributed by atoms with Crippen molar-refractivity contribution in [1.82, 2.24) is 14.5 Å². The van der Waals surface area contributed by atoms with E-state index in [1.165, 1.54) is 6.07 Å².